The van der Waals surface area contributed by atoms with Gasteiger partial charge in [0.2, 0.25) is 11.6 Å². The van der Waals surface area contributed by atoms with Gasteiger partial charge in [0.05, 0.1) is 19.6 Å². The van der Waals surface area contributed by atoms with Crippen molar-refractivity contribution in [3.63, 3.8) is 0 Å². The Bertz CT molecular complexity index is 850. The van der Waals surface area contributed by atoms with Crippen molar-refractivity contribution in [3.05, 3.63) is 40.7 Å². The van der Waals surface area contributed by atoms with E-state index in [4.69, 9.17) is 9.57 Å². The molecule has 1 amide bonds. The first-order valence-corrected chi connectivity index (χ1v) is 8.94. The minimum atomic E-state index is -0.205. The molecule has 1 saturated heterocycles. The summed E-state index contributed by atoms with van der Waals surface area (Å²) in [7, 11) is 0. The Balaban J connectivity index is 1.34. The number of ether oxygens (including phenoxy) is 1. The van der Waals surface area contributed by atoms with Gasteiger partial charge >= 0.3 is 0 Å². The Morgan fingerprint density at radius 1 is 1.44 bits per heavy atom. The average Bonchev–Trinajstić information content (AvgIpc) is 3.30. The fourth-order valence-electron chi connectivity index (χ4n) is 2.71. The quantitative estimate of drug-likeness (QED) is 0.670. The number of nitrogens with zero attached hydrogens (tertiary/aromatic N) is 5. The van der Waals surface area contributed by atoms with Gasteiger partial charge < -0.3 is 14.5 Å². The lowest BCUT2D eigenvalue weighted by molar-refractivity contribution is -0.141. The summed E-state index contributed by atoms with van der Waals surface area (Å²) in [5.74, 6) is 0.111. The molecule has 0 spiro atoms. The molecular formula is C16H17N5O3S. The number of carbonyl (C=O) groups excluding carboxylic acids is 1. The highest BCUT2D eigenvalue weighted by Crippen LogP contribution is 2.12. The van der Waals surface area contributed by atoms with Crippen LogP contribution in [0.5, 0.6) is 0 Å². The summed E-state index contributed by atoms with van der Waals surface area (Å²) < 4.78 is 5.71. The lowest BCUT2D eigenvalue weighted by Crippen LogP contribution is -2.48. The van der Waals surface area contributed by atoms with Gasteiger partial charge in [-0.2, -0.15) is 11.3 Å². The largest absolute Gasteiger partial charge is 0.391 e. The van der Waals surface area contributed by atoms with Crippen LogP contribution in [0.1, 0.15) is 5.56 Å². The highest BCUT2D eigenvalue weighted by atomic mass is 32.1. The van der Waals surface area contributed by atoms with Gasteiger partial charge in [-0.25, -0.2) is 4.98 Å². The Labute approximate surface area is 147 Å². The van der Waals surface area contributed by atoms with E-state index < -0.39 is 0 Å². The highest BCUT2D eigenvalue weighted by molar-refractivity contribution is 7.08. The average molecular weight is 359 g/mol. The fraction of sp³-hybridized carbons (Fsp3) is 0.375. The second-order valence-corrected chi connectivity index (χ2v) is 6.53. The number of amides is 1. The monoisotopic (exact) mass is 359 g/mol. The lowest BCUT2D eigenvalue weighted by Gasteiger charge is -2.32. The summed E-state index contributed by atoms with van der Waals surface area (Å²) in [5.41, 5.74) is 2.28. The van der Waals surface area contributed by atoms with Crippen LogP contribution in [0.3, 0.4) is 0 Å². The van der Waals surface area contributed by atoms with E-state index in [0.29, 0.717) is 37.3 Å². The molecule has 8 nitrogen and oxygen atoms in total. The third-order valence-corrected chi connectivity index (χ3v) is 4.72. The predicted molar refractivity (Wildman–Crippen MR) is 91.1 cm³/mol. The fourth-order valence-corrected chi connectivity index (χ4v) is 3.38. The number of hydrogen-bond acceptors (Lipinski definition) is 7. The number of hydrogen-bond donors (Lipinski definition) is 0. The molecule has 1 atom stereocenters. The third-order valence-electron chi connectivity index (χ3n) is 3.99. The van der Waals surface area contributed by atoms with Crippen LogP contribution >= 0.6 is 11.3 Å². The molecule has 0 saturated carbocycles. The van der Waals surface area contributed by atoms with Crippen molar-refractivity contribution in [2.45, 2.75) is 12.5 Å². The van der Waals surface area contributed by atoms with Crippen LogP contribution in [0.25, 0.3) is 11.2 Å². The second kappa shape index (κ2) is 7.16. The molecule has 4 rings (SSSR count). The molecule has 1 aliphatic heterocycles. The first-order chi connectivity index (χ1) is 12.3. The maximum absolute atomic E-state index is 12.4. The standard InChI is InChI=1S/C16H17N5O3S/c22-15(8-12-3-7-25-11-12)20-5-6-23-13(9-20)10-24-21-16-14(18-19-21)2-1-4-17-16/h1-4,7,11,13H,5-6,8-10H2. The van der Waals surface area contributed by atoms with Crippen LogP contribution in [0.2, 0.25) is 0 Å². The molecule has 9 heteroatoms. The summed E-state index contributed by atoms with van der Waals surface area (Å²) in [6, 6.07) is 5.59. The normalized spacial score (nSPS) is 17.8. The van der Waals surface area contributed by atoms with E-state index in [1.54, 1.807) is 23.6 Å². The zero-order valence-corrected chi connectivity index (χ0v) is 14.3. The summed E-state index contributed by atoms with van der Waals surface area (Å²) in [6.07, 6.45) is 1.88. The first kappa shape index (κ1) is 16.0. The van der Waals surface area contributed by atoms with Gasteiger partial charge in [0.25, 0.3) is 0 Å². The van der Waals surface area contributed by atoms with Gasteiger partial charge in [0.1, 0.15) is 18.2 Å². The molecule has 0 aromatic carbocycles. The molecule has 0 aliphatic carbocycles. The lowest BCUT2D eigenvalue weighted by atomic mass is 10.2. The number of aromatic nitrogens is 4. The SMILES string of the molecule is O=C(Cc1ccsc1)N1CCOC(COn2nnc3cccnc32)C1. The van der Waals surface area contributed by atoms with Crippen molar-refractivity contribution >= 4 is 28.4 Å². The van der Waals surface area contributed by atoms with Crippen molar-refractivity contribution in [1.29, 1.82) is 0 Å². The van der Waals surface area contributed by atoms with Gasteiger partial charge in [0.15, 0.2) is 0 Å². The molecule has 3 aromatic rings. The van der Waals surface area contributed by atoms with E-state index >= 15 is 0 Å². The molecule has 0 radical (unpaired) electrons. The van der Waals surface area contributed by atoms with E-state index in [1.165, 1.54) is 4.85 Å². The molecule has 1 unspecified atom stereocenters. The summed E-state index contributed by atoms with van der Waals surface area (Å²) in [6.45, 7) is 1.88. The van der Waals surface area contributed by atoms with Crippen LogP contribution in [0.4, 0.5) is 0 Å². The van der Waals surface area contributed by atoms with Gasteiger partial charge in [-0.3, -0.25) is 4.79 Å². The van der Waals surface area contributed by atoms with Gasteiger partial charge in [-0.05, 0) is 39.7 Å². The molecule has 4 heterocycles. The van der Waals surface area contributed by atoms with Crippen LogP contribution in [0.15, 0.2) is 35.2 Å². The summed E-state index contributed by atoms with van der Waals surface area (Å²) in [4.78, 5) is 25.4. The minimum absolute atomic E-state index is 0.111. The van der Waals surface area contributed by atoms with Crippen molar-refractivity contribution in [2.24, 2.45) is 0 Å². The number of carbonyl (C=O) groups is 1. The molecular weight excluding hydrogens is 342 g/mol. The van der Waals surface area contributed by atoms with Crippen LogP contribution in [-0.2, 0) is 16.0 Å². The molecule has 1 aliphatic rings. The predicted octanol–water partition coefficient (Wildman–Crippen LogP) is 0.786. The zero-order chi connectivity index (χ0) is 17.1. The Kier molecular flexibility index (Phi) is 4.57. The Hall–Kier alpha value is -2.52. The summed E-state index contributed by atoms with van der Waals surface area (Å²) >= 11 is 1.60. The van der Waals surface area contributed by atoms with Gasteiger partial charge in [-0.15, -0.1) is 5.10 Å². The Morgan fingerprint density at radius 3 is 3.28 bits per heavy atom. The molecule has 25 heavy (non-hydrogen) atoms. The van der Waals surface area contributed by atoms with Crippen LogP contribution in [0, 0.1) is 0 Å². The van der Waals surface area contributed by atoms with Crippen LogP contribution < -0.4 is 4.84 Å². The molecule has 0 bridgehead atoms. The number of pyridine rings is 1. The maximum Gasteiger partial charge on any atom is 0.227 e. The molecule has 0 N–H and O–H groups in total. The van der Waals surface area contributed by atoms with Crippen molar-refractivity contribution in [3.8, 4) is 0 Å². The van der Waals surface area contributed by atoms with E-state index in [1.807, 2.05) is 27.8 Å². The smallest absolute Gasteiger partial charge is 0.227 e. The van der Waals surface area contributed by atoms with E-state index in [0.717, 1.165) is 5.56 Å². The topological polar surface area (TPSA) is 82.4 Å². The number of fused-ring (bicyclic) bond motifs is 1. The minimum Gasteiger partial charge on any atom is -0.391 e. The van der Waals surface area contributed by atoms with Crippen molar-refractivity contribution < 1.29 is 14.4 Å². The number of thiophene rings is 1. The zero-order valence-electron chi connectivity index (χ0n) is 13.4. The van der Waals surface area contributed by atoms with E-state index in [-0.39, 0.29) is 18.6 Å². The second-order valence-electron chi connectivity index (χ2n) is 5.75. The van der Waals surface area contributed by atoms with Gasteiger partial charge in [-0.1, -0.05) is 4.85 Å². The number of morpholine rings is 1. The number of rotatable bonds is 5. The van der Waals surface area contributed by atoms with E-state index in [2.05, 4.69) is 15.3 Å². The highest BCUT2D eigenvalue weighted by Gasteiger charge is 2.25. The Morgan fingerprint density at radius 2 is 2.40 bits per heavy atom. The van der Waals surface area contributed by atoms with E-state index in [9.17, 15) is 4.79 Å². The summed E-state index contributed by atoms with van der Waals surface area (Å²) in [5, 5.41) is 11.9. The van der Waals surface area contributed by atoms with Crippen LogP contribution in [-0.4, -0.2) is 63.4 Å². The van der Waals surface area contributed by atoms with Crippen molar-refractivity contribution in [1.82, 2.24) is 25.0 Å². The van der Waals surface area contributed by atoms with Gasteiger partial charge in [0, 0.05) is 12.7 Å². The molecule has 1 fully saturated rings. The molecule has 3 aromatic heterocycles. The van der Waals surface area contributed by atoms with Crippen molar-refractivity contribution in [2.75, 3.05) is 26.3 Å². The maximum atomic E-state index is 12.4. The third kappa shape index (κ3) is 3.62. The first-order valence-electron chi connectivity index (χ1n) is 8.00. The molecule has 130 valence electrons.